The normalized spacial score (nSPS) is 12.0. The lowest BCUT2D eigenvalue weighted by atomic mass is 10.2. The van der Waals surface area contributed by atoms with E-state index in [9.17, 15) is 8.42 Å². The highest BCUT2D eigenvalue weighted by Gasteiger charge is 2.24. The molecule has 0 aliphatic rings. The summed E-state index contributed by atoms with van der Waals surface area (Å²) in [7, 11) is -3.49. The van der Waals surface area contributed by atoms with Crippen molar-refractivity contribution in [1.82, 2.24) is 4.31 Å². The fraction of sp³-hybridized carbons (Fsp3) is 0.455. The molecule has 0 saturated carbocycles. The lowest BCUT2D eigenvalue weighted by Crippen LogP contribution is -2.34. The molecule has 0 atom stereocenters. The summed E-state index contributed by atoms with van der Waals surface area (Å²) in [5, 5.41) is 0. The first-order chi connectivity index (χ1) is 8.04. The maximum atomic E-state index is 12.3. The fourth-order valence-corrected chi connectivity index (χ4v) is 3.80. The molecule has 0 bridgehead atoms. The molecule has 0 saturated heterocycles. The van der Waals surface area contributed by atoms with Crippen molar-refractivity contribution in [1.29, 1.82) is 0 Å². The summed E-state index contributed by atoms with van der Waals surface area (Å²) >= 11 is 11.2. The predicted molar refractivity (Wildman–Crippen MR) is 71.4 cm³/mol. The number of benzene rings is 1. The Morgan fingerprint density at radius 1 is 1.12 bits per heavy atom. The molecule has 96 valence electrons. The van der Waals surface area contributed by atoms with Crippen molar-refractivity contribution in [3.8, 4) is 0 Å². The number of alkyl halides is 2. The highest BCUT2D eigenvalue weighted by molar-refractivity contribution is 7.89. The summed E-state index contributed by atoms with van der Waals surface area (Å²) < 4.78 is 26.0. The molecule has 1 aromatic rings. The molecule has 0 heterocycles. The maximum Gasteiger partial charge on any atom is 0.243 e. The molecule has 0 fully saturated rings. The van der Waals surface area contributed by atoms with E-state index in [4.69, 9.17) is 23.2 Å². The first-order valence-corrected chi connectivity index (χ1v) is 7.72. The van der Waals surface area contributed by atoms with Crippen LogP contribution in [0.3, 0.4) is 0 Å². The Kier molecular flexibility index (Phi) is 5.73. The Morgan fingerprint density at radius 3 is 2.12 bits per heavy atom. The van der Waals surface area contributed by atoms with E-state index in [0.29, 0.717) is 4.90 Å². The SMILES string of the molecule is Cc1ccccc1S(=O)(=O)N(CCCl)CCCl. The summed E-state index contributed by atoms with van der Waals surface area (Å²) in [5.41, 5.74) is 0.724. The molecule has 0 N–H and O–H groups in total. The van der Waals surface area contributed by atoms with Crippen LogP contribution in [0.2, 0.25) is 0 Å². The number of hydrogen-bond acceptors (Lipinski definition) is 2. The summed E-state index contributed by atoms with van der Waals surface area (Å²) in [5.74, 6) is 0.504. The standard InChI is InChI=1S/C11H15Cl2NO2S/c1-10-4-2-3-5-11(10)17(15,16)14(8-6-12)9-7-13/h2-5H,6-9H2,1H3. The predicted octanol–water partition coefficient (Wildman–Crippen LogP) is 2.46. The van der Waals surface area contributed by atoms with E-state index in [2.05, 4.69) is 0 Å². The van der Waals surface area contributed by atoms with Gasteiger partial charge in [-0.15, -0.1) is 23.2 Å². The summed E-state index contributed by atoms with van der Waals surface area (Å²) in [6, 6.07) is 6.88. The van der Waals surface area contributed by atoms with Gasteiger partial charge in [-0.3, -0.25) is 0 Å². The van der Waals surface area contributed by atoms with E-state index in [1.807, 2.05) is 6.07 Å². The van der Waals surface area contributed by atoms with E-state index in [1.54, 1.807) is 25.1 Å². The van der Waals surface area contributed by atoms with Gasteiger partial charge in [0.25, 0.3) is 0 Å². The molecule has 0 aliphatic heterocycles. The van der Waals surface area contributed by atoms with Crippen LogP contribution in [-0.4, -0.2) is 37.6 Å². The second kappa shape index (κ2) is 6.59. The molecule has 0 radical (unpaired) electrons. The second-order valence-electron chi connectivity index (χ2n) is 3.55. The quantitative estimate of drug-likeness (QED) is 0.756. The number of nitrogens with zero attached hydrogens (tertiary/aromatic N) is 1. The number of rotatable bonds is 6. The summed E-state index contributed by atoms with van der Waals surface area (Å²) in [6.45, 7) is 2.31. The van der Waals surface area contributed by atoms with Crippen molar-refractivity contribution in [3.63, 3.8) is 0 Å². The monoisotopic (exact) mass is 295 g/mol. The Morgan fingerprint density at radius 2 is 1.65 bits per heavy atom. The molecular formula is C11H15Cl2NO2S. The van der Waals surface area contributed by atoms with E-state index in [0.717, 1.165) is 5.56 Å². The van der Waals surface area contributed by atoms with Crippen molar-refractivity contribution in [2.24, 2.45) is 0 Å². The molecule has 0 aromatic heterocycles. The van der Waals surface area contributed by atoms with Gasteiger partial charge in [0.2, 0.25) is 10.0 Å². The lowest BCUT2D eigenvalue weighted by Gasteiger charge is -2.21. The van der Waals surface area contributed by atoms with Gasteiger partial charge in [0.05, 0.1) is 4.90 Å². The minimum absolute atomic E-state index is 0.252. The Hall–Kier alpha value is -0.290. The van der Waals surface area contributed by atoms with Gasteiger partial charge in [-0.2, -0.15) is 4.31 Å². The van der Waals surface area contributed by atoms with Crippen molar-refractivity contribution in [3.05, 3.63) is 29.8 Å². The van der Waals surface area contributed by atoms with Gasteiger partial charge in [-0.1, -0.05) is 18.2 Å². The average Bonchev–Trinajstić information content (AvgIpc) is 2.29. The molecule has 0 unspecified atom stereocenters. The van der Waals surface area contributed by atoms with Gasteiger partial charge < -0.3 is 0 Å². The van der Waals surface area contributed by atoms with Crippen LogP contribution in [-0.2, 0) is 10.0 Å². The highest BCUT2D eigenvalue weighted by atomic mass is 35.5. The molecule has 17 heavy (non-hydrogen) atoms. The number of aryl methyl sites for hydroxylation is 1. The van der Waals surface area contributed by atoms with E-state index >= 15 is 0 Å². The third-order valence-electron chi connectivity index (χ3n) is 2.38. The van der Waals surface area contributed by atoms with Gasteiger partial charge in [-0.05, 0) is 18.6 Å². The van der Waals surface area contributed by atoms with Crippen molar-refractivity contribution >= 4 is 33.2 Å². The van der Waals surface area contributed by atoms with Crippen LogP contribution in [0.5, 0.6) is 0 Å². The third-order valence-corrected chi connectivity index (χ3v) is 4.78. The van der Waals surface area contributed by atoms with Crippen LogP contribution < -0.4 is 0 Å². The highest BCUT2D eigenvalue weighted by Crippen LogP contribution is 2.19. The topological polar surface area (TPSA) is 37.4 Å². The minimum atomic E-state index is -3.49. The summed E-state index contributed by atoms with van der Waals surface area (Å²) in [6.07, 6.45) is 0. The van der Waals surface area contributed by atoms with E-state index in [-0.39, 0.29) is 24.8 Å². The van der Waals surface area contributed by atoms with E-state index < -0.39 is 10.0 Å². The summed E-state index contributed by atoms with van der Waals surface area (Å²) in [4.78, 5) is 0.315. The van der Waals surface area contributed by atoms with Crippen LogP contribution in [0.4, 0.5) is 0 Å². The molecule has 0 amide bonds. The van der Waals surface area contributed by atoms with Gasteiger partial charge in [0.15, 0.2) is 0 Å². The van der Waals surface area contributed by atoms with Crippen LogP contribution in [0.15, 0.2) is 29.2 Å². The smallest absolute Gasteiger partial charge is 0.207 e. The zero-order chi connectivity index (χ0) is 12.9. The van der Waals surface area contributed by atoms with Gasteiger partial charge in [0, 0.05) is 24.8 Å². The zero-order valence-corrected chi connectivity index (χ0v) is 11.9. The largest absolute Gasteiger partial charge is 0.243 e. The van der Waals surface area contributed by atoms with Crippen LogP contribution in [0.1, 0.15) is 5.56 Å². The lowest BCUT2D eigenvalue weighted by molar-refractivity contribution is 0.448. The van der Waals surface area contributed by atoms with Crippen LogP contribution >= 0.6 is 23.2 Å². The Balaban J connectivity index is 3.12. The van der Waals surface area contributed by atoms with E-state index in [1.165, 1.54) is 4.31 Å². The molecule has 3 nitrogen and oxygen atoms in total. The number of sulfonamides is 1. The average molecular weight is 296 g/mol. The minimum Gasteiger partial charge on any atom is -0.207 e. The van der Waals surface area contributed by atoms with Crippen molar-refractivity contribution in [2.45, 2.75) is 11.8 Å². The zero-order valence-electron chi connectivity index (χ0n) is 9.57. The first-order valence-electron chi connectivity index (χ1n) is 5.21. The first kappa shape index (κ1) is 14.8. The van der Waals surface area contributed by atoms with Gasteiger partial charge in [-0.25, -0.2) is 8.42 Å². The second-order valence-corrected chi connectivity index (χ2v) is 6.21. The van der Waals surface area contributed by atoms with Crippen molar-refractivity contribution < 1.29 is 8.42 Å². The Bertz CT molecular complexity index is 456. The van der Waals surface area contributed by atoms with Gasteiger partial charge >= 0.3 is 0 Å². The van der Waals surface area contributed by atoms with Crippen molar-refractivity contribution in [2.75, 3.05) is 24.8 Å². The molecule has 0 aliphatic carbocycles. The van der Waals surface area contributed by atoms with Crippen LogP contribution in [0.25, 0.3) is 0 Å². The van der Waals surface area contributed by atoms with Crippen LogP contribution in [0, 0.1) is 6.92 Å². The number of halogens is 2. The Labute approximate surface area is 112 Å². The third kappa shape index (κ3) is 3.58. The molecule has 6 heteroatoms. The molecule has 1 rings (SSSR count). The molecule has 1 aromatic carbocycles. The maximum absolute atomic E-state index is 12.3. The molecular weight excluding hydrogens is 281 g/mol. The number of hydrogen-bond donors (Lipinski definition) is 0. The fourth-order valence-electron chi connectivity index (χ4n) is 1.53. The molecule has 0 spiro atoms. The van der Waals surface area contributed by atoms with Gasteiger partial charge in [0.1, 0.15) is 0 Å².